The Morgan fingerprint density at radius 1 is 1.06 bits per heavy atom. The third kappa shape index (κ3) is 3.69. The molecular formula is C16H19NO. The Labute approximate surface area is 108 Å². The second-order valence-corrected chi connectivity index (χ2v) is 4.55. The summed E-state index contributed by atoms with van der Waals surface area (Å²) in [5, 5.41) is 13.3. The van der Waals surface area contributed by atoms with Crippen molar-refractivity contribution >= 4 is 0 Å². The third-order valence-corrected chi connectivity index (χ3v) is 2.94. The molecule has 0 saturated heterocycles. The van der Waals surface area contributed by atoms with Gasteiger partial charge in [0, 0.05) is 13.1 Å². The molecular weight excluding hydrogens is 222 g/mol. The zero-order valence-electron chi connectivity index (χ0n) is 10.6. The Bertz CT molecular complexity index is 481. The molecule has 2 heteroatoms. The summed E-state index contributed by atoms with van der Waals surface area (Å²) >= 11 is 0. The van der Waals surface area contributed by atoms with Gasteiger partial charge in [-0.1, -0.05) is 60.2 Å². The van der Waals surface area contributed by atoms with Gasteiger partial charge in [0.15, 0.2) is 0 Å². The first-order valence-corrected chi connectivity index (χ1v) is 6.25. The Morgan fingerprint density at radius 3 is 2.56 bits per heavy atom. The quantitative estimate of drug-likeness (QED) is 0.843. The van der Waals surface area contributed by atoms with E-state index in [1.165, 1.54) is 11.1 Å². The molecule has 0 aliphatic heterocycles. The van der Waals surface area contributed by atoms with Crippen molar-refractivity contribution < 1.29 is 5.11 Å². The number of hydrogen-bond acceptors (Lipinski definition) is 2. The van der Waals surface area contributed by atoms with E-state index in [4.69, 9.17) is 0 Å². The minimum absolute atomic E-state index is 0.450. The van der Waals surface area contributed by atoms with Crippen LogP contribution in [0.15, 0.2) is 54.6 Å². The normalized spacial score (nSPS) is 12.3. The van der Waals surface area contributed by atoms with Crippen molar-refractivity contribution in [1.82, 2.24) is 5.32 Å². The summed E-state index contributed by atoms with van der Waals surface area (Å²) in [6, 6.07) is 18.2. The fourth-order valence-electron chi connectivity index (χ4n) is 1.94. The van der Waals surface area contributed by atoms with E-state index in [2.05, 4.69) is 17.4 Å². The Hall–Kier alpha value is -1.64. The summed E-state index contributed by atoms with van der Waals surface area (Å²) in [5.41, 5.74) is 3.37. The van der Waals surface area contributed by atoms with Crippen molar-refractivity contribution in [2.45, 2.75) is 19.6 Å². The molecule has 2 aromatic carbocycles. The molecule has 0 heterocycles. The van der Waals surface area contributed by atoms with Gasteiger partial charge in [-0.2, -0.15) is 0 Å². The van der Waals surface area contributed by atoms with E-state index in [9.17, 15) is 5.11 Å². The van der Waals surface area contributed by atoms with E-state index in [-0.39, 0.29) is 0 Å². The van der Waals surface area contributed by atoms with E-state index < -0.39 is 6.10 Å². The van der Waals surface area contributed by atoms with Gasteiger partial charge < -0.3 is 10.4 Å². The zero-order chi connectivity index (χ0) is 12.8. The first-order chi connectivity index (χ1) is 8.75. The van der Waals surface area contributed by atoms with Gasteiger partial charge in [-0.05, 0) is 18.1 Å². The molecule has 1 atom stereocenters. The average molecular weight is 241 g/mol. The molecule has 0 radical (unpaired) electrons. The van der Waals surface area contributed by atoms with E-state index >= 15 is 0 Å². The van der Waals surface area contributed by atoms with Gasteiger partial charge in [0.05, 0.1) is 6.10 Å². The van der Waals surface area contributed by atoms with Crippen LogP contribution in [0.25, 0.3) is 0 Å². The Balaban J connectivity index is 1.83. The predicted octanol–water partition coefficient (Wildman–Crippen LogP) is 2.82. The van der Waals surface area contributed by atoms with Crippen LogP contribution in [0.3, 0.4) is 0 Å². The van der Waals surface area contributed by atoms with Crippen LogP contribution in [-0.2, 0) is 6.54 Å². The highest BCUT2D eigenvalue weighted by molar-refractivity contribution is 5.24. The molecule has 2 nitrogen and oxygen atoms in total. The maximum absolute atomic E-state index is 10.1. The summed E-state index contributed by atoms with van der Waals surface area (Å²) in [7, 11) is 0. The van der Waals surface area contributed by atoms with Crippen LogP contribution in [0.5, 0.6) is 0 Å². The minimum Gasteiger partial charge on any atom is -0.387 e. The number of hydrogen-bond donors (Lipinski definition) is 2. The van der Waals surface area contributed by atoms with Crippen LogP contribution < -0.4 is 5.32 Å². The van der Waals surface area contributed by atoms with Gasteiger partial charge in [0.2, 0.25) is 0 Å². The molecule has 0 amide bonds. The third-order valence-electron chi connectivity index (χ3n) is 2.94. The van der Waals surface area contributed by atoms with Crippen molar-refractivity contribution in [3.8, 4) is 0 Å². The van der Waals surface area contributed by atoms with Crippen molar-refractivity contribution in [2.75, 3.05) is 6.54 Å². The van der Waals surface area contributed by atoms with Gasteiger partial charge in [-0.3, -0.25) is 0 Å². The largest absolute Gasteiger partial charge is 0.387 e. The predicted molar refractivity (Wildman–Crippen MR) is 74.3 cm³/mol. The summed E-state index contributed by atoms with van der Waals surface area (Å²) in [6.45, 7) is 3.38. The number of aliphatic hydroxyl groups excluding tert-OH is 1. The fraction of sp³-hybridized carbons (Fsp3) is 0.250. The van der Waals surface area contributed by atoms with Crippen LogP contribution in [-0.4, -0.2) is 11.7 Å². The molecule has 0 unspecified atom stereocenters. The van der Waals surface area contributed by atoms with Crippen LogP contribution >= 0.6 is 0 Å². The lowest BCUT2D eigenvalue weighted by Gasteiger charge is -2.12. The topological polar surface area (TPSA) is 32.3 Å². The molecule has 18 heavy (non-hydrogen) atoms. The van der Waals surface area contributed by atoms with Gasteiger partial charge in [-0.25, -0.2) is 0 Å². The van der Waals surface area contributed by atoms with Gasteiger partial charge in [0.1, 0.15) is 0 Å². The highest BCUT2D eigenvalue weighted by atomic mass is 16.3. The number of rotatable bonds is 5. The summed E-state index contributed by atoms with van der Waals surface area (Å²) in [4.78, 5) is 0. The maximum Gasteiger partial charge on any atom is 0.0914 e. The second kappa shape index (κ2) is 6.34. The van der Waals surface area contributed by atoms with Crippen molar-refractivity contribution in [3.05, 3.63) is 71.3 Å². The summed E-state index contributed by atoms with van der Waals surface area (Å²) < 4.78 is 0. The molecule has 0 fully saturated rings. The minimum atomic E-state index is -0.450. The molecule has 2 aromatic rings. The highest BCUT2D eigenvalue weighted by Gasteiger charge is 2.06. The second-order valence-electron chi connectivity index (χ2n) is 4.55. The standard InChI is InChI=1S/C16H19NO/c1-13-6-5-9-15(10-13)16(18)12-17-11-14-7-3-2-4-8-14/h2-10,16-18H,11-12H2,1H3/t16-/m1/s1. The zero-order valence-corrected chi connectivity index (χ0v) is 10.6. The SMILES string of the molecule is Cc1cccc([C@H](O)CNCc2ccccc2)c1. The fourth-order valence-corrected chi connectivity index (χ4v) is 1.94. The van der Waals surface area contributed by atoms with Crippen LogP contribution in [0.2, 0.25) is 0 Å². The molecule has 0 saturated carbocycles. The molecule has 2 N–H and O–H groups in total. The molecule has 94 valence electrons. The molecule has 0 bridgehead atoms. The highest BCUT2D eigenvalue weighted by Crippen LogP contribution is 2.13. The number of aryl methyl sites for hydroxylation is 1. The number of nitrogens with one attached hydrogen (secondary N) is 1. The Kier molecular flexibility index (Phi) is 4.51. The smallest absolute Gasteiger partial charge is 0.0914 e. The first-order valence-electron chi connectivity index (χ1n) is 6.25. The summed E-state index contributed by atoms with van der Waals surface area (Å²) in [6.07, 6.45) is -0.450. The molecule has 0 aliphatic rings. The lowest BCUT2D eigenvalue weighted by Crippen LogP contribution is -2.21. The maximum atomic E-state index is 10.1. The van der Waals surface area contributed by atoms with Gasteiger partial charge in [0.25, 0.3) is 0 Å². The van der Waals surface area contributed by atoms with Crippen molar-refractivity contribution in [1.29, 1.82) is 0 Å². The van der Waals surface area contributed by atoms with Crippen LogP contribution in [0.4, 0.5) is 0 Å². The van der Waals surface area contributed by atoms with Crippen LogP contribution in [0, 0.1) is 6.92 Å². The van der Waals surface area contributed by atoms with Gasteiger partial charge >= 0.3 is 0 Å². The van der Waals surface area contributed by atoms with E-state index in [1.54, 1.807) is 0 Å². The lowest BCUT2D eigenvalue weighted by molar-refractivity contribution is 0.174. The van der Waals surface area contributed by atoms with Crippen LogP contribution in [0.1, 0.15) is 22.8 Å². The molecule has 0 aliphatic carbocycles. The molecule has 2 rings (SSSR count). The average Bonchev–Trinajstić information content (AvgIpc) is 2.40. The monoisotopic (exact) mass is 241 g/mol. The molecule has 0 aromatic heterocycles. The lowest BCUT2D eigenvalue weighted by atomic mass is 10.1. The van der Waals surface area contributed by atoms with Gasteiger partial charge in [-0.15, -0.1) is 0 Å². The van der Waals surface area contributed by atoms with E-state index in [0.29, 0.717) is 6.54 Å². The van der Waals surface area contributed by atoms with Crippen molar-refractivity contribution in [2.24, 2.45) is 0 Å². The Morgan fingerprint density at radius 2 is 1.83 bits per heavy atom. The number of aliphatic hydroxyl groups is 1. The first kappa shape index (κ1) is 12.8. The summed E-state index contributed by atoms with van der Waals surface area (Å²) in [5.74, 6) is 0. The van der Waals surface area contributed by atoms with Crippen molar-refractivity contribution in [3.63, 3.8) is 0 Å². The molecule has 0 spiro atoms. The van der Waals surface area contributed by atoms with E-state index in [0.717, 1.165) is 12.1 Å². The van der Waals surface area contributed by atoms with E-state index in [1.807, 2.05) is 49.4 Å². The number of benzene rings is 2.